The predicted molar refractivity (Wildman–Crippen MR) is 122 cm³/mol. The van der Waals surface area contributed by atoms with Crippen LogP contribution >= 0.6 is 0 Å². The van der Waals surface area contributed by atoms with Gasteiger partial charge in [-0.2, -0.15) is 0 Å². The molecule has 0 spiro atoms. The van der Waals surface area contributed by atoms with Crippen molar-refractivity contribution in [1.29, 1.82) is 0 Å². The summed E-state index contributed by atoms with van der Waals surface area (Å²) < 4.78 is 1.17. The number of aromatic nitrogens is 3. The van der Waals surface area contributed by atoms with Gasteiger partial charge in [0.25, 0.3) is 11.5 Å². The number of nitrogens with zero attached hydrogens (tertiary/aromatic N) is 3. The molecule has 0 unspecified atom stereocenters. The van der Waals surface area contributed by atoms with Crippen LogP contribution in [0.25, 0.3) is 10.9 Å². The molecule has 1 aliphatic heterocycles. The van der Waals surface area contributed by atoms with Crippen molar-refractivity contribution >= 4 is 22.5 Å². The largest absolute Gasteiger partial charge is 0.389 e. The topological polar surface area (TPSA) is 120 Å². The van der Waals surface area contributed by atoms with Crippen LogP contribution in [-0.4, -0.2) is 51.3 Å². The lowest BCUT2D eigenvalue weighted by molar-refractivity contribution is 0.0165. The van der Waals surface area contributed by atoms with Crippen molar-refractivity contribution in [2.75, 3.05) is 25.0 Å². The fraction of sp³-hybridized carbons (Fsp3) is 0.391. The van der Waals surface area contributed by atoms with Crippen LogP contribution in [0.15, 0.2) is 46.1 Å². The van der Waals surface area contributed by atoms with Crippen molar-refractivity contribution in [1.82, 2.24) is 19.9 Å². The normalized spacial score (nSPS) is 15.7. The highest BCUT2D eigenvalue weighted by Crippen LogP contribution is 2.29. The highest BCUT2D eigenvalue weighted by molar-refractivity contribution is 5.92. The minimum atomic E-state index is -0.877. The van der Waals surface area contributed by atoms with E-state index in [0.717, 1.165) is 11.3 Å². The van der Waals surface area contributed by atoms with E-state index >= 15 is 0 Å². The number of piperidine rings is 1. The first-order valence-corrected chi connectivity index (χ1v) is 10.7. The number of anilines is 1. The highest BCUT2D eigenvalue weighted by atomic mass is 16.3. The fourth-order valence-electron chi connectivity index (χ4n) is 4.27. The Morgan fingerprint density at radius 2 is 1.97 bits per heavy atom. The number of aliphatic hydroxyl groups is 1. The Kier molecular flexibility index (Phi) is 5.84. The molecule has 0 atom stereocenters. The number of rotatable bonds is 5. The number of benzene rings is 1. The molecule has 0 saturated carbocycles. The van der Waals surface area contributed by atoms with Gasteiger partial charge >= 0.3 is 5.69 Å². The second kappa shape index (κ2) is 8.58. The summed E-state index contributed by atoms with van der Waals surface area (Å²) in [7, 11) is 1.57. The number of hydrogen-bond acceptors (Lipinski definition) is 6. The zero-order valence-electron chi connectivity index (χ0n) is 18.2. The second-order valence-corrected chi connectivity index (χ2v) is 8.23. The second-order valence-electron chi connectivity index (χ2n) is 8.23. The average molecular weight is 438 g/mol. The minimum absolute atomic E-state index is 0.227. The summed E-state index contributed by atoms with van der Waals surface area (Å²) in [6.45, 7) is 3.38. The van der Waals surface area contributed by atoms with E-state index in [0.29, 0.717) is 55.5 Å². The van der Waals surface area contributed by atoms with Crippen molar-refractivity contribution < 1.29 is 9.90 Å². The van der Waals surface area contributed by atoms with E-state index < -0.39 is 11.3 Å². The Morgan fingerprint density at radius 1 is 1.22 bits per heavy atom. The lowest BCUT2D eigenvalue weighted by atomic mass is 9.85. The lowest BCUT2D eigenvalue weighted by Gasteiger charge is -2.39. The van der Waals surface area contributed by atoms with Gasteiger partial charge in [-0.3, -0.25) is 14.2 Å². The Balaban J connectivity index is 1.47. The van der Waals surface area contributed by atoms with Crippen molar-refractivity contribution in [3.63, 3.8) is 0 Å². The van der Waals surface area contributed by atoms with E-state index in [9.17, 15) is 19.5 Å². The van der Waals surface area contributed by atoms with Gasteiger partial charge in [0.2, 0.25) is 0 Å². The van der Waals surface area contributed by atoms with Gasteiger partial charge in [0.15, 0.2) is 0 Å². The summed E-state index contributed by atoms with van der Waals surface area (Å²) in [5, 5.41) is 14.2. The maximum atomic E-state index is 12.5. The summed E-state index contributed by atoms with van der Waals surface area (Å²) in [6.07, 6.45) is 3.24. The summed E-state index contributed by atoms with van der Waals surface area (Å²) >= 11 is 0. The molecule has 0 bridgehead atoms. The molecule has 3 N–H and O–H groups in total. The molecule has 32 heavy (non-hydrogen) atoms. The van der Waals surface area contributed by atoms with E-state index in [-0.39, 0.29) is 11.5 Å². The van der Waals surface area contributed by atoms with Gasteiger partial charge in [-0.1, -0.05) is 6.07 Å². The molecule has 3 aromatic rings. The molecule has 9 nitrogen and oxygen atoms in total. The molecule has 1 fully saturated rings. The first kappa shape index (κ1) is 21.8. The van der Waals surface area contributed by atoms with Crippen LogP contribution in [0, 0.1) is 0 Å². The summed E-state index contributed by atoms with van der Waals surface area (Å²) in [5.41, 5.74) is 1.03. The van der Waals surface area contributed by atoms with E-state index in [1.807, 2.05) is 12.1 Å². The number of nitrogens with one attached hydrogen (secondary N) is 2. The van der Waals surface area contributed by atoms with Crippen LogP contribution in [0.5, 0.6) is 0 Å². The van der Waals surface area contributed by atoms with Gasteiger partial charge in [0.1, 0.15) is 5.69 Å². The van der Waals surface area contributed by atoms with Crippen molar-refractivity contribution in [3.05, 3.63) is 68.6 Å². The third-order valence-corrected chi connectivity index (χ3v) is 6.16. The molecule has 1 amide bonds. The van der Waals surface area contributed by atoms with E-state index in [4.69, 9.17) is 0 Å². The molecule has 1 aliphatic rings. The molecule has 1 aromatic carbocycles. The maximum absolute atomic E-state index is 12.5. The molecular formula is C23H27N5O4. The van der Waals surface area contributed by atoms with Gasteiger partial charge in [-0.15, -0.1) is 0 Å². The lowest BCUT2D eigenvalue weighted by Crippen LogP contribution is -2.45. The Morgan fingerprint density at radius 3 is 2.59 bits per heavy atom. The van der Waals surface area contributed by atoms with E-state index in [1.165, 1.54) is 4.57 Å². The standard InChI is InChI=1S/C23H27N5O4/c1-3-28-21(30)17-6-4-15(12-19(17)26-22(28)31)13-23(32)8-10-27(11-9-23)16-5-7-18(25-14-16)20(29)24-2/h4-7,12,14,32H,3,8-11,13H2,1-2H3,(H,24,29)(H,26,31). The third-order valence-electron chi connectivity index (χ3n) is 6.16. The number of H-pyrrole nitrogens is 1. The monoisotopic (exact) mass is 437 g/mol. The first-order chi connectivity index (χ1) is 15.3. The Bertz CT molecular complexity index is 1250. The number of carbonyl (C=O) groups is 1. The van der Waals surface area contributed by atoms with Crippen LogP contribution in [0.2, 0.25) is 0 Å². The van der Waals surface area contributed by atoms with Gasteiger partial charge in [-0.25, -0.2) is 9.78 Å². The summed E-state index contributed by atoms with van der Waals surface area (Å²) in [6, 6.07) is 8.90. The molecule has 3 heterocycles. The van der Waals surface area contributed by atoms with E-state index in [2.05, 4.69) is 20.2 Å². The number of carbonyl (C=O) groups excluding carboxylic acids is 1. The van der Waals surface area contributed by atoms with Crippen molar-refractivity contribution in [2.24, 2.45) is 0 Å². The van der Waals surface area contributed by atoms with Crippen LogP contribution in [0.3, 0.4) is 0 Å². The average Bonchev–Trinajstić information content (AvgIpc) is 2.79. The summed E-state index contributed by atoms with van der Waals surface area (Å²) in [4.78, 5) is 45.3. The zero-order valence-corrected chi connectivity index (χ0v) is 18.2. The van der Waals surface area contributed by atoms with Crippen LogP contribution < -0.4 is 21.5 Å². The minimum Gasteiger partial charge on any atom is -0.389 e. The molecule has 0 radical (unpaired) electrons. The third kappa shape index (κ3) is 4.16. The van der Waals surface area contributed by atoms with Crippen LogP contribution in [-0.2, 0) is 13.0 Å². The molecule has 4 rings (SSSR count). The van der Waals surface area contributed by atoms with Crippen molar-refractivity contribution in [3.8, 4) is 0 Å². The molecular weight excluding hydrogens is 410 g/mol. The van der Waals surface area contributed by atoms with E-state index in [1.54, 1.807) is 38.4 Å². The number of amides is 1. The maximum Gasteiger partial charge on any atom is 0.328 e. The van der Waals surface area contributed by atoms with Crippen LogP contribution in [0.4, 0.5) is 5.69 Å². The van der Waals surface area contributed by atoms with Crippen LogP contribution in [0.1, 0.15) is 35.8 Å². The van der Waals surface area contributed by atoms with Gasteiger partial charge in [0, 0.05) is 33.1 Å². The molecule has 9 heteroatoms. The smallest absolute Gasteiger partial charge is 0.328 e. The number of fused-ring (bicyclic) bond motifs is 1. The van der Waals surface area contributed by atoms with Gasteiger partial charge in [0.05, 0.1) is 28.4 Å². The molecule has 1 saturated heterocycles. The number of pyridine rings is 1. The zero-order chi connectivity index (χ0) is 22.9. The number of aromatic amines is 1. The molecule has 0 aliphatic carbocycles. The SMILES string of the molecule is CCn1c(=O)[nH]c2cc(CC3(O)CCN(c4ccc(C(=O)NC)nc4)CC3)ccc2c1=O. The number of hydrogen-bond donors (Lipinski definition) is 3. The van der Waals surface area contributed by atoms with Crippen molar-refractivity contribution in [2.45, 2.75) is 38.3 Å². The predicted octanol–water partition coefficient (Wildman–Crippen LogP) is 1.04. The highest BCUT2D eigenvalue weighted by Gasteiger charge is 2.32. The molecule has 168 valence electrons. The summed E-state index contributed by atoms with van der Waals surface area (Å²) in [5.74, 6) is -0.227. The van der Waals surface area contributed by atoms with Gasteiger partial charge < -0.3 is 20.3 Å². The van der Waals surface area contributed by atoms with Gasteiger partial charge in [-0.05, 0) is 49.6 Å². The quantitative estimate of drug-likeness (QED) is 0.549. The molecule has 2 aromatic heterocycles. The Labute approximate surface area is 184 Å². The fourth-order valence-corrected chi connectivity index (χ4v) is 4.27. The Hall–Kier alpha value is -3.46. The first-order valence-electron chi connectivity index (χ1n) is 10.7.